The molecule has 2 aromatic carbocycles. The predicted octanol–water partition coefficient (Wildman–Crippen LogP) is 2.84. The van der Waals surface area contributed by atoms with Gasteiger partial charge in [-0.05, 0) is 41.3 Å². The minimum Gasteiger partial charge on any atom is -0.330 e. The number of carbonyl (C=O) groups is 1. The summed E-state index contributed by atoms with van der Waals surface area (Å²) in [5.41, 5.74) is 2.59. The fourth-order valence-corrected chi connectivity index (χ4v) is 3.82. The van der Waals surface area contributed by atoms with Crippen molar-refractivity contribution in [1.82, 2.24) is 10.2 Å². The molecule has 0 aromatic heterocycles. The standard InChI is InChI=1S/C20H19N3O3/c24-19-11-14-22-13-10-16-3-1-2-4-18(16)20(22,21-19)12-9-15-5-7-17(8-6-15)23(25)26/h1-9,12H,10-11,13-14H2,(H,21,24)/b12-9+/t20-/m0/s1. The highest BCUT2D eigenvalue weighted by Crippen LogP contribution is 2.37. The molecule has 0 radical (unpaired) electrons. The molecule has 1 atom stereocenters. The van der Waals surface area contributed by atoms with E-state index < -0.39 is 10.6 Å². The van der Waals surface area contributed by atoms with Crippen LogP contribution in [-0.4, -0.2) is 28.8 Å². The van der Waals surface area contributed by atoms with Crippen LogP contribution in [0.5, 0.6) is 0 Å². The minimum absolute atomic E-state index is 0.0336. The van der Waals surface area contributed by atoms with Crippen molar-refractivity contribution in [1.29, 1.82) is 0 Å². The highest BCUT2D eigenvalue weighted by atomic mass is 16.6. The largest absolute Gasteiger partial charge is 0.330 e. The molecule has 0 bridgehead atoms. The summed E-state index contributed by atoms with van der Waals surface area (Å²) in [6.07, 6.45) is 5.38. The van der Waals surface area contributed by atoms with Crippen molar-refractivity contribution in [2.75, 3.05) is 13.1 Å². The third kappa shape index (κ3) is 2.78. The molecule has 2 aromatic rings. The molecule has 0 aliphatic carbocycles. The Kier molecular flexibility index (Phi) is 4.05. The van der Waals surface area contributed by atoms with E-state index in [4.69, 9.17) is 0 Å². The van der Waals surface area contributed by atoms with Gasteiger partial charge in [-0.2, -0.15) is 0 Å². The Balaban J connectivity index is 1.74. The van der Waals surface area contributed by atoms with Crippen LogP contribution in [0.3, 0.4) is 0 Å². The summed E-state index contributed by atoms with van der Waals surface area (Å²) in [4.78, 5) is 24.9. The summed E-state index contributed by atoms with van der Waals surface area (Å²) in [5.74, 6) is 0.0336. The summed E-state index contributed by atoms with van der Waals surface area (Å²) >= 11 is 0. The molecule has 6 heteroatoms. The van der Waals surface area contributed by atoms with Crippen LogP contribution in [0, 0.1) is 10.1 Å². The van der Waals surface area contributed by atoms with Crippen molar-refractivity contribution >= 4 is 17.7 Å². The molecule has 2 aliphatic rings. The number of nitrogens with zero attached hydrogens (tertiary/aromatic N) is 2. The number of benzene rings is 2. The first kappa shape index (κ1) is 16.5. The van der Waals surface area contributed by atoms with Gasteiger partial charge in [-0.3, -0.25) is 19.8 Å². The van der Waals surface area contributed by atoms with Gasteiger partial charge in [-0.15, -0.1) is 0 Å². The lowest BCUT2D eigenvalue weighted by Gasteiger charge is -2.49. The molecule has 0 saturated carbocycles. The lowest BCUT2D eigenvalue weighted by atomic mass is 9.84. The first-order chi connectivity index (χ1) is 12.6. The molecule has 1 fully saturated rings. The SMILES string of the molecule is O=C1CCN2CCc3ccccc3[C@@]2(/C=C/c2ccc([N+](=O)[O-])cc2)N1. The summed E-state index contributed by atoms with van der Waals surface area (Å²) in [6, 6.07) is 14.6. The second kappa shape index (κ2) is 6.38. The molecule has 132 valence electrons. The van der Waals surface area contributed by atoms with Gasteiger partial charge in [-0.1, -0.05) is 30.3 Å². The van der Waals surface area contributed by atoms with Gasteiger partial charge in [0, 0.05) is 31.6 Å². The van der Waals surface area contributed by atoms with Gasteiger partial charge in [0.15, 0.2) is 0 Å². The Morgan fingerprint density at radius 1 is 1.08 bits per heavy atom. The maximum atomic E-state index is 12.2. The second-order valence-electron chi connectivity index (χ2n) is 6.64. The average molecular weight is 349 g/mol. The lowest BCUT2D eigenvalue weighted by molar-refractivity contribution is -0.384. The van der Waals surface area contributed by atoms with E-state index >= 15 is 0 Å². The molecule has 4 rings (SSSR count). The Hall–Kier alpha value is -2.99. The number of nitro groups is 1. The van der Waals surface area contributed by atoms with Gasteiger partial charge >= 0.3 is 0 Å². The lowest BCUT2D eigenvalue weighted by Crippen LogP contribution is -2.63. The molecule has 1 amide bonds. The maximum absolute atomic E-state index is 12.2. The number of nitrogens with one attached hydrogen (secondary N) is 1. The number of rotatable bonds is 3. The molecule has 0 unspecified atom stereocenters. The first-order valence-electron chi connectivity index (χ1n) is 8.67. The van der Waals surface area contributed by atoms with Gasteiger partial charge in [0.1, 0.15) is 5.66 Å². The van der Waals surface area contributed by atoms with Crippen LogP contribution in [0.2, 0.25) is 0 Å². The predicted molar refractivity (Wildman–Crippen MR) is 98.3 cm³/mol. The zero-order chi connectivity index (χ0) is 18.1. The van der Waals surface area contributed by atoms with Crippen molar-refractivity contribution in [3.8, 4) is 0 Å². The third-order valence-corrected chi connectivity index (χ3v) is 5.14. The minimum atomic E-state index is -0.661. The van der Waals surface area contributed by atoms with Crippen LogP contribution >= 0.6 is 0 Å². The second-order valence-corrected chi connectivity index (χ2v) is 6.64. The Morgan fingerprint density at radius 2 is 1.81 bits per heavy atom. The van der Waals surface area contributed by atoms with Gasteiger partial charge < -0.3 is 5.32 Å². The van der Waals surface area contributed by atoms with E-state index in [1.807, 2.05) is 24.3 Å². The fourth-order valence-electron chi connectivity index (χ4n) is 3.82. The monoisotopic (exact) mass is 349 g/mol. The number of hydrogen-bond acceptors (Lipinski definition) is 4. The van der Waals surface area contributed by atoms with Crippen molar-refractivity contribution in [3.05, 3.63) is 81.4 Å². The Morgan fingerprint density at radius 3 is 2.58 bits per heavy atom. The smallest absolute Gasteiger partial charge is 0.269 e. The summed E-state index contributed by atoms with van der Waals surface area (Å²) in [5, 5.41) is 14.0. The Labute approximate surface area is 151 Å². The molecule has 26 heavy (non-hydrogen) atoms. The molecule has 1 N–H and O–H groups in total. The van der Waals surface area contributed by atoms with Crippen molar-refractivity contribution in [2.24, 2.45) is 0 Å². The van der Waals surface area contributed by atoms with Crippen LogP contribution < -0.4 is 5.32 Å². The van der Waals surface area contributed by atoms with E-state index in [9.17, 15) is 14.9 Å². The van der Waals surface area contributed by atoms with Crippen LogP contribution in [0.4, 0.5) is 5.69 Å². The number of amides is 1. The summed E-state index contributed by atoms with van der Waals surface area (Å²) in [6.45, 7) is 1.59. The van der Waals surface area contributed by atoms with Gasteiger partial charge in [0.2, 0.25) is 5.91 Å². The number of carbonyl (C=O) groups excluding carboxylic acids is 1. The quantitative estimate of drug-likeness (QED) is 0.683. The highest BCUT2D eigenvalue weighted by Gasteiger charge is 2.44. The van der Waals surface area contributed by atoms with E-state index in [1.54, 1.807) is 12.1 Å². The van der Waals surface area contributed by atoms with E-state index in [1.165, 1.54) is 17.7 Å². The van der Waals surface area contributed by atoms with Crippen LogP contribution in [-0.2, 0) is 16.9 Å². The van der Waals surface area contributed by atoms with E-state index in [0.29, 0.717) is 13.0 Å². The first-order valence-corrected chi connectivity index (χ1v) is 8.67. The summed E-state index contributed by atoms with van der Waals surface area (Å²) < 4.78 is 0. The van der Waals surface area contributed by atoms with Crippen LogP contribution in [0.25, 0.3) is 6.08 Å². The van der Waals surface area contributed by atoms with Crippen LogP contribution in [0.1, 0.15) is 23.1 Å². The molecular weight excluding hydrogens is 330 g/mol. The normalized spacial score (nSPS) is 22.5. The molecule has 1 saturated heterocycles. The zero-order valence-corrected chi connectivity index (χ0v) is 14.2. The van der Waals surface area contributed by atoms with Crippen molar-refractivity contribution in [3.63, 3.8) is 0 Å². The fraction of sp³-hybridized carbons (Fsp3) is 0.250. The number of non-ortho nitro benzene ring substituents is 1. The molecule has 2 heterocycles. The highest BCUT2D eigenvalue weighted by molar-refractivity contribution is 5.79. The van der Waals surface area contributed by atoms with E-state index in [0.717, 1.165) is 24.1 Å². The van der Waals surface area contributed by atoms with Gasteiger partial charge in [0.05, 0.1) is 4.92 Å². The molecular formula is C20H19N3O3. The molecule has 6 nitrogen and oxygen atoms in total. The molecule has 0 spiro atoms. The summed E-state index contributed by atoms with van der Waals surface area (Å²) in [7, 11) is 0. The van der Waals surface area contributed by atoms with Crippen LogP contribution in [0.15, 0.2) is 54.6 Å². The average Bonchev–Trinajstić information content (AvgIpc) is 2.66. The van der Waals surface area contributed by atoms with Crippen molar-refractivity contribution < 1.29 is 9.72 Å². The third-order valence-electron chi connectivity index (χ3n) is 5.14. The number of fused-ring (bicyclic) bond motifs is 3. The zero-order valence-electron chi connectivity index (χ0n) is 14.2. The maximum Gasteiger partial charge on any atom is 0.269 e. The number of nitro benzene ring substituents is 1. The Bertz CT molecular complexity index is 891. The van der Waals surface area contributed by atoms with Crippen molar-refractivity contribution in [2.45, 2.75) is 18.5 Å². The molecule has 2 aliphatic heterocycles. The number of hydrogen-bond donors (Lipinski definition) is 1. The topological polar surface area (TPSA) is 75.5 Å². The van der Waals surface area contributed by atoms with Gasteiger partial charge in [0.25, 0.3) is 5.69 Å². The van der Waals surface area contributed by atoms with E-state index in [-0.39, 0.29) is 11.6 Å². The van der Waals surface area contributed by atoms with Gasteiger partial charge in [-0.25, -0.2) is 0 Å². The van der Waals surface area contributed by atoms with E-state index in [2.05, 4.69) is 22.3 Å².